The second-order valence-corrected chi connectivity index (χ2v) is 7.08. The summed E-state index contributed by atoms with van der Waals surface area (Å²) in [6.07, 6.45) is 2.59. The third-order valence-electron chi connectivity index (χ3n) is 4.43. The van der Waals surface area contributed by atoms with Crippen LogP contribution >= 0.6 is 15.9 Å². The number of hydrogen-bond acceptors (Lipinski definition) is 2. The minimum Gasteiger partial charge on any atom is -0.481 e. The minimum absolute atomic E-state index is 0.131. The van der Waals surface area contributed by atoms with E-state index in [-0.39, 0.29) is 11.8 Å². The van der Waals surface area contributed by atoms with Crippen molar-refractivity contribution >= 4 is 21.9 Å². The maximum absolute atomic E-state index is 11.2. The number of halogens is 1. The van der Waals surface area contributed by atoms with Crippen LogP contribution in [0.25, 0.3) is 0 Å². The molecule has 3 N–H and O–H groups in total. The zero-order chi connectivity index (χ0) is 14.3. The molecule has 1 aromatic carbocycles. The van der Waals surface area contributed by atoms with Crippen LogP contribution in [-0.2, 0) is 17.6 Å². The number of aliphatic carboxylic acids is 1. The molecule has 0 saturated heterocycles. The average Bonchev–Trinajstić information content (AvgIpc) is 2.27. The van der Waals surface area contributed by atoms with Crippen molar-refractivity contribution in [1.82, 2.24) is 0 Å². The first-order chi connectivity index (χ1) is 8.73. The van der Waals surface area contributed by atoms with Gasteiger partial charge in [0.25, 0.3) is 0 Å². The van der Waals surface area contributed by atoms with E-state index >= 15 is 0 Å². The molecule has 0 heterocycles. The lowest BCUT2D eigenvalue weighted by atomic mass is 9.60. The Morgan fingerprint density at radius 3 is 2.74 bits per heavy atom. The van der Waals surface area contributed by atoms with E-state index in [0.717, 1.165) is 23.7 Å². The van der Waals surface area contributed by atoms with Gasteiger partial charge in [0.15, 0.2) is 0 Å². The first-order valence-electron chi connectivity index (χ1n) is 6.51. The minimum atomic E-state index is -0.765. The van der Waals surface area contributed by atoms with E-state index in [2.05, 4.69) is 28.1 Å². The quantitative estimate of drug-likeness (QED) is 0.897. The molecular formula is C15H20BrNO2. The Morgan fingerprint density at radius 2 is 2.16 bits per heavy atom. The molecule has 0 fully saturated rings. The monoisotopic (exact) mass is 325 g/mol. The van der Waals surface area contributed by atoms with Gasteiger partial charge in [-0.1, -0.05) is 22.0 Å². The van der Waals surface area contributed by atoms with Crippen LogP contribution in [0.4, 0.5) is 0 Å². The van der Waals surface area contributed by atoms with Gasteiger partial charge in [-0.2, -0.15) is 0 Å². The topological polar surface area (TPSA) is 63.3 Å². The maximum Gasteiger partial charge on any atom is 0.303 e. The Morgan fingerprint density at radius 1 is 1.47 bits per heavy atom. The van der Waals surface area contributed by atoms with E-state index < -0.39 is 11.5 Å². The van der Waals surface area contributed by atoms with Crippen LogP contribution in [0.5, 0.6) is 0 Å². The Bertz CT molecular complexity index is 507. The molecule has 0 bridgehead atoms. The molecule has 1 aliphatic rings. The van der Waals surface area contributed by atoms with Crippen molar-refractivity contribution in [3.8, 4) is 0 Å². The molecule has 104 valence electrons. The van der Waals surface area contributed by atoms with E-state index in [1.54, 1.807) is 0 Å². The summed E-state index contributed by atoms with van der Waals surface area (Å²) in [7, 11) is 0. The molecule has 1 atom stereocenters. The summed E-state index contributed by atoms with van der Waals surface area (Å²) in [5, 5.41) is 9.22. The fourth-order valence-corrected chi connectivity index (χ4v) is 3.45. The van der Waals surface area contributed by atoms with Gasteiger partial charge in [0.1, 0.15) is 0 Å². The average molecular weight is 326 g/mol. The van der Waals surface area contributed by atoms with Gasteiger partial charge in [-0.3, -0.25) is 4.79 Å². The van der Waals surface area contributed by atoms with E-state index in [1.165, 1.54) is 11.1 Å². The summed E-state index contributed by atoms with van der Waals surface area (Å²) in [6, 6.07) is 6.23. The first-order valence-corrected chi connectivity index (χ1v) is 7.31. The van der Waals surface area contributed by atoms with Gasteiger partial charge in [0.05, 0.1) is 6.42 Å². The van der Waals surface area contributed by atoms with Crippen LogP contribution in [0, 0.1) is 5.41 Å². The summed E-state index contributed by atoms with van der Waals surface area (Å²) < 4.78 is 1.07. The highest BCUT2D eigenvalue weighted by Crippen LogP contribution is 2.45. The lowest BCUT2D eigenvalue weighted by molar-refractivity contribution is -0.141. The number of nitrogens with two attached hydrogens (primary N) is 1. The molecule has 0 saturated carbocycles. The van der Waals surface area contributed by atoms with Crippen LogP contribution in [0.1, 0.15) is 37.8 Å². The third kappa shape index (κ3) is 2.84. The molecule has 4 heteroatoms. The number of carboxylic acid groups (broad SMARTS) is 1. The molecule has 0 spiro atoms. The Balaban J connectivity index is 2.39. The van der Waals surface area contributed by atoms with Crippen molar-refractivity contribution in [2.24, 2.45) is 11.1 Å². The summed E-state index contributed by atoms with van der Waals surface area (Å²) in [6.45, 7) is 3.89. The predicted molar refractivity (Wildman–Crippen MR) is 79.1 cm³/mol. The van der Waals surface area contributed by atoms with Gasteiger partial charge in [-0.05, 0) is 56.4 Å². The maximum atomic E-state index is 11.2. The number of fused-ring (bicyclic) bond motifs is 1. The first kappa shape index (κ1) is 14.5. The molecule has 0 aromatic heterocycles. The summed E-state index contributed by atoms with van der Waals surface area (Å²) in [5.74, 6) is -0.765. The lowest BCUT2D eigenvalue weighted by Gasteiger charge is -2.47. The van der Waals surface area contributed by atoms with Crippen molar-refractivity contribution in [3.05, 3.63) is 33.8 Å². The molecule has 2 rings (SSSR count). The number of carbonyl (C=O) groups is 1. The smallest absolute Gasteiger partial charge is 0.303 e. The van der Waals surface area contributed by atoms with E-state index in [1.807, 2.05) is 19.9 Å². The molecule has 19 heavy (non-hydrogen) atoms. The molecule has 0 amide bonds. The molecule has 1 aromatic rings. The Labute approximate surface area is 122 Å². The number of benzene rings is 1. The molecule has 1 aliphatic carbocycles. The molecular weight excluding hydrogens is 306 g/mol. The van der Waals surface area contributed by atoms with Crippen molar-refractivity contribution in [3.63, 3.8) is 0 Å². The van der Waals surface area contributed by atoms with Gasteiger partial charge in [-0.25, -0.2) is 0 Å². The molecule has 3 nitrogen and oxygen atoms in total. The second kappa shape index (κ2) is 4.91. The zero-order valence-corrected chi connectivity index (χ0v) is 13.0. The summed E-state index contributed by atoms with van der Waals surface area (Å²) >= 11 is 3.48. The van der Waals surface area contributed by atoms with E-state index in [0.29, 0.717) is 0 Å². The van der Waals surface area contributed by atoms with Gasteiger partial charge < -0.3 is 10.8 Å². The zero-order valence-electron chi connectivity index (χ0n) is 11.4. The number of carboxylic acids is 1. The Hall–Kier alpha value is -0.870. The van der Waals surface area contributed by atoms with E-state index in [4.69, 9.17) is 5.73 Å². The molecule has 1 unspecified atom stereocenters. The van der Waals surface area contributed by atoms with Crippen LogP contribution in [-0.4, -0.2) is 16.6 Å². The third-order valence-corrected chi connectivity index (χ3v) is 4.92. The predicted octanol–water partition coefficient (Wildman–Crippen LogP) is 3.14. The summed E-state index contributed by atoms with van der Waals surface area (Å²) in [4.78, 5) is 11.2. The van der Waals surface area contributed by atoms with Crippen LogP contribution in [0.15, 0.2) is 22.7 Å². The number of aryl methyl sites for hydroxylation is 1. The second-order valence-electron chi connectivity index (χ2n) is 6.16. The number of rotatable bonds is 3. The SMILES string of the molecule is CC(C)(N)C1(CC(=O)O)CCc2cc(Br)ccc2C1. The van der Waals surface area contributed by atoms with Crippen molar-refractivity contribution < 1.29 is 9.90 Å². The fourth-order valence-electron chi connectivity index (χ4n) is 3.04. The largest absolute Gasteiger partial charge is 0.481 e. The lowest BCUT2D eigenvalue weighted by Crippen LogP contribution is -2.54. The molecule has 0 aliphatic heterocycles. The number of hydrogen-bond donors (Lipinski definition) is 2. The standard InChI is InChI=1S/C15H20BrNO2/c1-14(2,17)15(9-13(18)19)6-5-10-7-12(16)4-3-11(10)8-15/h3-4,7H,5-6,8-9,17H2,1-2H3,(H,18,19). The highest BCUT2D eigenvalue weighted by Gasteiger charge is 2.46. The van der Waals surface area contributed by atoms with Gasteiger partial charge in [0.2, 0.25) is 0 Å². The van der Waals surface area contributed by atoms with Crippen molar-refractivity contribution in [2.75, 3.05) is 0 Å². The fraction of sp³-hybridized carbons (Fsp3) is 0.533. The van der Waals surface area contributed by atoms with Gasteiger partial charge >= 0.3 is 5.97 Å². The van der Waals surface area contributed by atoms with Crippen molar-refractivity contribution in [1.29, 1.82) is 0 Å². The van der Waals surface area contributed by atoms with Crippen LogP contribution < -0.4 is 5.73 Å². The summed E-state index contributed by atoms with van der Waals surface area (Å²) in [5.41, 5.74) is 7.98. The normalized spacial score (nSPS) is 22.9. The highest BCUT2D eigenvalue weighted by molar-refractivity contribution is 9.10. The van der Waals surface area contributed by atoms with Crippen molar-refractivity contribution in [2.45, 2.75) is 45.1 Å². The van der Waals surface area contributed by atoms with Crippen LogP contribution in [0.3, 0.4) is 0 Å². The van der Waals surface area contributed by atoms with Gasteiger partial charge in [0, 0.05) is 15.4 Å². The molecule has 0 radical (unpaired) electrons. The van der Waals surface area contributed by atoms with Gasteiger partial charge in [-0.15, -0.1) is 0 Å². The van der Waals surface area contributed by atoms with Crippen LogP contribution in [0.2, 0.25) is 0 Å². The van der Waals surface area contributed by atoms with E-state index in [9.17, 15) is 9.90 Å². The Kier molecular flexibility index (Phi) is 3.76. The highest BCUT2D eigenvalue weighted by atomic mass is 79.9.